The molecular weight excluding hydrogens is 745 g/mol. The van der Waals surface area contributed by atoms with E-state index in [2.05, 4.69) is 36.3 Å². The lowest BCUT2D eigenvalue weighted by atomic mass is 9.68. The largest absolute Gasteiger partial charge is 0.469 e. The van der Waals surface area contributed by atoms with Gasteiger partial charge in [-0.2, -0.15) is 4.40 Å². The summed E-state index contributed by atoms with van der Waals surface area (Å²) in [6.45, 7) is 19.3. The van der Waals surface area contributed by atoms with Crippen molar-refractivity contribution in [2.24, 2.45) is 16.2 Å². The number of hydrogen-bond acceptors (Lipinski definition) is 4. The third-order valence-corrected chi connectivity index (χ3v) is 12.8. The van der Waals surface area contributed by atoms with Crippen LogP contribution < -0.4 is 0 Å². The molecule has 2 rings (SSSR count). The molecule has 4 atom stereocenters. The summed E-state index contributed by atoms with van der Waals surface area (Å²) in [5.41, 5.74) is 1.84. The van der Waals surface area contributed by atoms with E-state index in [1.54, 1.807) is 0 Å². The van der Waals surface area contributed by atoms with Gasteiger partial charge in [-0.3, -0.25) is 9.00 Å². The number of rotatable bonds is 8. The lowest BCUT2D eigenvalue weighted by Gasteiger charge is -2.40. The van der Waals surface area contributed by atoms with E-state index in [1.807, 2.05) is 106 Å². The monoisotopic (exact) mass is 785 g/mol. The molecule has 0 aliphatic carbocycles. The molecule has 1 unspecified atom stereocenters. The quantitative estimate of drug-likeness (QED) is 0.197. The van der Waals surface area contributed by atoms with Crippen molar-refractivity contribution >= 4 is 88.5 Å². The van der Waals surface area contributed by atoms with Crippen molar-refractivity contribution in [3.05, 3.63) is 66.5 Å². The fraction of sp³-hybridized carbons (Fsp3) is 0.548. The highest BCUT2D eigenvalue weighted by Crippen LogP contribution is 2.41. The highest BCUT2D eigenvalue weighted by molar-refractivity contribution is 9.10. The predicted molar refractivity (Wildman–Crippen MR) is 189 cm³/mol. The molecule has 0 radical (unpaired) electrons. The number of ether oxygens (including phenoxy) is 1. The molecule has 5 nitrogen and oxygen atoms in total. The molecule has 2 aromatic rings. The molecular formula is C31H43Br2Cl2NO4S2. The van der Waals surface area contributed by atoms with E-state index in [4.69, 9.17) is 27.9 Å². The maximum atomic E-state index is 13.0. The molecule has 0 aliphatic rings. The number of esters is 1. The van der Waals surface area contributed by atoms with Gasteiger partial charge in [0.2, 0.25) is 0 Å². The van der Waals surface area contributed by atoms with Crippen molar-refractivity contribution in [2.45, 2.75) is 84.1 Å². The van der Waals surface area contributed by atoms with Crippen molar-refractivity contribution in [1.82, 2.24) is 0 Å². The van der Waals surface area contributed by atoms with E-state index in [-0.39, 0.29) is 21.4 Å². The first-order valence-electron chi connectivity index (χ1n) is 13.4. The average molecular weight is 789 g/mol. The molecule has 0 heterocycles. The number of hydrogen-bond donors (Lipinski definition) is 0. The van der Waals surface area contributed by atoms with E-state index in [1.165, 1.54) is 7.11 Å². The van der Waals surface area contributed by atoms with Crippen LogP contribution in [0.2, 0.25) is 10.0 Å². The molecule has 0 saturated heterocycles. The van der Waals surface area contributed by atoms with E-state index in [0.717, 1.165) is 25.8 Å². The Hall–Kier alpha value is -0.580. The first-order valence-corrected chi connectivity index (χ1v) is 18.2. The van der Waals surface area contributed by atoms with Crippen LogP contribution in [0.1, 0.15) is 80.4 Å². The highest BCUT2D eigenvalue weighted by atomic mass is 79.9. The highest BCUT2D eigenvalue weighted by Gasteiger charge is 2.45. The van der Waals surface area contributed by atoms with Gasteiger partial charge >= 0.3 is 5.97 Å². The smallest absolute Gasteiger partial charge is 0.309 e. The van der Waals surface area contributed by atoms with Gasteiger partial charge in [0, 0.05) is 35.7 Å². The number of nitrogens with zero attached hydrogens (tertiary/aromatic N) is 1. The summed E-state index contributed by atoms with van der Waals surface area (Å²) in [6.07, 6.45) is 0. The Morgan fingerprint density at radius 2 is 1.40 bits per heavy atom. The van der Waals surface area contributed by atoms with Gasteiger partial charge in [0.15, 0.2) is 0 Å². The Kier molecular flexibility index (Phi) is 15.1. The molecule has 0 spiro atoms. The second-order valence-electron chi connectivity index (χ2n) is 12.6. The third kappa shape index (κ3) is 11.1. The molecule has 0 aliphatic heterocycles. The normalized spacial score (nSPS) is 16.1. The SMILES string of the molecule is CC(=N[S@@](=O)C(C)(C)C)c1ccc(Br)c(Cl)c1.COC(=O)C(C(C)C)[C@@](C)(C[S@@](=O)C(C)(C)C)c1ccc(Br)c(Cl)c1. The number of carbonyl (C=O) groups is 1. The Labute approximate surface area is 284 Å². The number of benzene rings is 2. The zero-order chi connectivity index (χ0) is 32.8. The lowest BCUT2D eigenvalue weighted by molar-refractivity contribution is -0.149. The first-order chi connectivity index (χ1) is 19.1. The Morgan fingerprint density at radius 1 is 0.905 bits per heavy atom. The number of halogens is 4. The van der Waals surface area contributed by atoms with E-state index in [9.17, 15) is 13.2 Å². The Balaban J connectivity index is 0.000000452. The van der Waals surface area contributed by atoms with Crippen LogP contribution in [0.15, 0.2) is 49.7 Å². The van der Waals surface area contributed by atoms with Crippen molar-refractivity contribution in [2.75, 3.05) is 12.9 Å². The Morgan fingerprint density at radius 3 is 1.81 bits per heavy atom. The number of carbonyl (C=O) groups excluding carboxylic acids is 1. The van der Waals surface area contributed by atoms with Gasteiger partial charge in [0.05, 0.1) is 33.5 Å². The molecule has 236 valence electrons. The maximum absolute atomic E-state index is 13.0. The zero-order valence-electron chi connectivity index (χ0n) is 26.2. The second kappa shape index (κ2) is 16.1. The minimum atomic E-state index is -1.25. The molecule has 0 N–H and O–H groups in total. The summed E-state index contributed by atoms with van der Waals surface area (Å²) >= 11 is 19.0. The number of methoxy groups -OCH3 is 1. The van der Waals surface area contributed by atoms with Crippen LogP contribution in [0.5, 0.6) is 0 Å². The standard InChI is InChI=1S/C19H28BrClO3S.C12H15BrClNOS/c1-12(2)16(17(22)24-7)19(6,11-25(23)18(3,4)5)13-8-9-14(20)15(21)10-13;1-8(15-17(16)12(2,3)4)9-5-6-10(13)11(14)7-9/h8-10,12,16H,11H2,1-7H3;5-7H,1-4H3/t16?,19-,25+;17-/m00/s1. The van der Waals surface area contributed by atoms with Gasteiger partial charge in [-0.25, -0.2) is 4.21 Å². The second-order valence-corrected chi connectivity index (χ2v) is 19.2. The van der Waals surface area contributed by atoms with Crippen molar-refractivity contribution in [3.63, 3.8) is 0 Å². The van der Waals surface area contributed by atoms with Crippen LogP contribution in [0.3, 0.4) is 0 Å². The summed E-state index contributed by atoms with van der Waals surface area (Å²) in [7, 11) is -0.988. The van der Waals surface area contributed by atoms with Crippen LogP contribution in [0, 0.1) is 11.8 Å². The minimum absolute atomic E-state index is 0.0249. The molecule has 42 heavy (non-hydrogen) atoms. The summed E-state index contributed by atoms with van der Waals surface area (Å²) in [6, 6.07) is 11.2. The average Bonchev–Trinajstić information content (AvgIpc) is 2.86. The topological polar surface area (TPSA) is 72.8 Å². The van der Waals surface area contributed by atoms with Gasteiger partial charge < -0.3 is 4.74 Å². The van der Waals surface area contributed by atoms with Crippen LogP contribution in [-0.4, -0.2) is 42.5 Å². The summed E-state index contributed by atoms with van der Waals surface area (Å²) in [5, 5.41) is 1.19. The van der Waals surface area contributed by atoms with E-state index >= 15 is 0 Å². The summed E-state index contributed by atoms with van der Waals surface area (Å²) in [5.74, 6) is -0.341. The third-order valence-electron chi connectivity index (χ3n) is 6.58. The van der Waals surface area contributed by atoms with Crippen LogP contribution in [0.4, 0.5) is 0 Å². The van der Waals surface area contributed by atoms with Crippen LogP contribution in [-0.2, 0) is 36.7 Å². The van der Waals surface area contributed by atoms with Gasteiger partial charge in [-0.15, -0.1) is 0 Å². The van der Waals surface area contributed by atoms with Gasteiger partial charge in [0.25, 0.3) is 0 Å². The first kappa shape index (κ1) is 39.4. The van der Waals surface area contributed by atoms with Gasteiger partial charge in [0.1, 0.15) is 11.0 Å². The molecule has 2 aromatic carbocycles. The lowest BCUT2D eigenvalue weighted by Crippen LogP contribution is -2.47. The molecule has 0 bridgehead atoms. The maximum Gasteiger partial charge on any atom is 0.309 e. The molecule has 0 saturated carbocycles. The van der Waals surface area contributed by atoms with E-state index in [0.29, 0.717) is 15.8 Å². The van der Waals surface area contributed by atoms with Crippen molar-refractivity contribution < 1.29 is 17.9 Å². The summed E-state index contributed by atoms with van der Waals surface area (Å²) in [4.78, 5) is 12.6. The van der Waals surface area contributed by atoms with Crippen molar-refractivity contribution in [1.29, 1.82) is 0 Å². The Bertz CT molecular complexity index is 1340. The minimum Gasteiger partial charge on any atom is -0.469 e. The predicted octanol–water partition coefficient (Wildman–Crippen LogP) is 9.73. The van der Waals surface area contributed by atoms with Gasteiger partial charge in [-0.05, 0) is 122 Å². The zero-order valence-corrected chi connectivity index (χ0v) is 32.6. The van der Waals surface area contributed by atoms with Crippen molar-refractivity contribution in [3.8, 4) is 0 Å². The fourth-order valence-electron chi connectivity index (χ4n) is 4.12. The molecule has 0 fully saturated rings. The van der Waals surface area contributed by atoms with E-state index < -0.39 is 33.1 Å². The van der Waals surface area contributed by atoms with Gasteiger partial charge in [-0.1, -0.05) is 56.1 Å². The van der Waals surface area contributed by atoms with Crippen LogP contribution >= 0.6 is 55.1 Å². The summed E-state index contributed by atoms with van der Waals surface area (Å²) < 4.78 is 35.0. The molecule has 11 heteroatoms. The molecule has 0 aromatic heterocycles. The molecule has 0 amide bonds. The van der Waals surface area contributed by atoms with Crippen LogP contribution in [0.25, 0.3) is 0 Å². The fourth-order valence-corrected chi connectivity index (χ4v) is 6.93.